The lowest BCUT2D eigenvalue weighted by Gasteiger charge is -2.05. The van der Waals surface area contributed by atoms with Gasteiger partial charge in [-0.2, -0.15) is 0 Å². The lowest BCUT2D eigenvalue weighted by molar-refractivity contribution is 0.296. The van der Waals surface area contributed by atoms with Crippen LogP contribution in [-0.4, -0.2) is 9.97 Å². The van der Waals surface area contributed by atoms with Gasteiger partial charge in [0, 0.05) is 20.7 Å². The molecule has 3 aromatic heterocycles. The summed E-state index contributed by atoms with van der Waals surface area (Å²) in [5, 5.41) is 2.66. The van der Waals surface area contributed by atoms with Crippen LogP contribution < -0.4 is 10.3 Å². The van der Waals surface area contributed by atoms with Crippen molar-refractivity contribution in [2.75, 3.05) is 0 Å². The Morgan fingerprint density at radius 1 is 1.17 bits per heavy atom. The number of thiophene rings is 2. The van der Waals surface area contributed by atoms with Gasteiger partial charge in [0.05, 0.1) is 5.39 Å². The summed E-state index contributed by atoms with van der Waals surface area (Å²) in [6.07, 6.45) is 0. The number of nitrogens with one attached hydrogen (secondary N) is 1. The first-order valence-electron chi connectivity index (χ1n) is 7.46. The Hall–Kier alpha value is -2.44. The van der Waals surface area contributed by atoms with E-state index in [0.29, 0.717) is 11.2 Å². The van der Waals surface area contributed by atoms with Gasteiger partial charge in [-0.1, -0.05) is 18.2 Å². The van der Waals surface area contributed by atoms with Gasteiger partial charge in [0.1, 0.15) is 23.0 Å². The van der Waals surface area contributed by atoms with Gasteiger partial charge in [-0.15, -0.1) is 22.7 Å². The molecule has 0 amide bonds. The number of ether oxygens (including phenoxy) is 1. The standard InChI is InChI=1S/C18H14N2O2S2/c1-11-7-8-14(24-11)13-10-23-18-16(13)17(21)19-15(20-18)9-22-12-5-3-2-4-6-12/h2-8,10H,9H2,1H3,(H,19,20,21). The average molecular weight is 354 g/mol. The second kappa shape index (κ2) is 6.22. The minimum absolute atomic E-state index is 0.117. The van der Waals surface area contributed by atoms with Crippen molar-refractivity contribution >= 4 is 32.9 Å². The minimum Gasteiger partial charge on any atom is -0.486 e. The highest BCUT2D eigenvalue weighted by Gasteiger charge is 2.14. The first kappa shape index (κ1) is 15.1. The highest BCUT2D eigenvalue weighted by Crippen LogP contribution is 2.34. The summed E-state index contributed by atoms with van der Waals surface area (Å²) in [6, 6.07) is 13.6. The predicted molar refractivity (Wildman–Crippen MR) is 99.1 cm³/mol. The van der Waals surface area contributed by atoms with Gasteiger partial charge in [0.25, 0.3) is 5.56 Å². The lowest BCUT2D eigenvalue weighted by atomic mass is 10.2. The fraction of sp³-hybridized carbons (Fsp3) is 0.111. The molecule has 4 rings (SSSR count). The Balaban J connectivity index is 1.67. The van der Waals surface area contributed by atoms with E-state index in [1.54, 1.807) is 11.3 Å². The molecule has 0 saturated heterocycles. The van der Waals surface area contributed by atoms with Crippen LogP contribution in [0.1, 0.15) is 10.7 Å². The molecule has 120 valence electrons. The fourth-order valence-electron chi connectivity index (χ4n) is 2.49. The average Bonchev–Trinajstić information content (AvgIpc) is 3.20. The molecule has 0 aliphatic carbocycles. The molecule has 0 bridgehead atoms. The largest absolute Gasteiger partial charge is 0.486 e. The molecule has 1 aromatic carbocycles. The summed E-state index contributed by atoms with van der Waals surface area (Å²) >= 11 is 3.17. The third-order valence-electron chi connectivity index (χ3n) is 3.62. The van der Waals surface area contributed by atoms with Crippen molar-refractivity contribution in [1.82, 2.24) is 9.97 Å². The number of rotatable bonds is 4. The number of aromatic nitrogens is 2. The second-order valence-electron chi connectivity index (χ2n) is 5.35. The topological polar surface area (TPSA) is 55.0 Å². The van der Waals surface area contributed by atoms with Crippen LogP contribution in [0, 0.1) is 6.92 Å². The van der Waals surface area contributed by atoms with Gasteiger partial charge >= 0.3 is 0 Å². The lowest BCUT2D eigenvalue weighted by Crippen LogP contribution is -2.13. The summed E-state index contributed by atoms with van der Waals surface area (Å²) < 4.78 is 5.66. The highest BCUT2D eigenvalue weighted by atomic mass is 32.1. The van der Waals surface area contributed by atoms with E-state index in [4.69, 9.17) is 4.74 Å². The number of aromatic amines is 1. The highest BCUT2D eigenvalue weighted by molar-refractivity contribution is 7.19. The third kappa shape index (κ3) is 2.86. The number of para-hydroxylation sites is 1. The van der Waals surface area contributed by atoms with Crippen LogP contribution >= 0.6 is 22.7 Å². The molecule has 0 aliphatic heterocycles. The molecular formula is C18H14N2O2S2. The van der Waals surface area contributed by atoms with Gasteiger partial charge in [0.2, 0.25) is 0 Å². The summed E-state index contributed by atoms with van der Waals surface area (Å²) in [7, 11) is 0. The van der Waals surface area contributed by atoms with Gasteiger partial charge in [-0.25, -0.2) is 4.98 Å². The summed E-state index contributed by atoms with van der Waals surface area (Å²) in [6.45, 7) is 2.30. The smallest absolute Gasteiger partial charge is 0.260 e. The molecule has 0 saturated carbocycles. The zero-order valence-electron chi connectivity index (χ0n) is 12.9. The van der Waals surface area contributed by atoms with Crippen LogP contribution in [0.2, 0.25) is 0 Å². The van der Waals surface area contributed by atoms with Crippen LogP contribution in [-0.2, 0) is 6.61 Å². The minimum atomic E-state index is -0.117. The summed E-state index contributed by atoms with van der Waals surface area (Å²) in [5.41, 5.74) is 0.839. The number of nitrogens with zero attached hydrogens (tertiary/aromatic N) is 1. The molecule has 4 nitrogen and oxygen atoms in total. The van der Waals surface area contributed by atoms with Gasteiger partial charge in [-0.3, -0.25) is 4.79 Å². The molecule has 0 spiro atoms. The molecule has 0 fully saturated rings. The van der Waals surface area contributed by atoms with E-state index in [0.717, 1.165) is 21.0 Å². The van der Waals surface area contributed by atoms with Crippen molar-refractivity contribution in [3.8, 4) is 16.2 Å². The van der Waals surface area contributed by atoms with Crippen LogP contribution in [0.4, 0.5) is 0 Å². The van der Waals surface area contributed by atoms with Crippen LogP contribution in [0.15, 0.2) is 52.6 Å². The maximum atomic E-state index is 12.5. The molecule has 0 atom stereocenters. The van der Waals surface area contributed by atoms with E-state index in [1.807, 2.05) is 41.8 Å². The van der Waals surface area contributed by atoms with Crippen LogP contribution in [0.25, 0.3) is 20.7 Å². The van der Waals surface area contributed by atoms with Crippen molar-refractivity contribution < 1.29 is 4.74 Å². The Bertz CT molecular complexity index is 1050. The van der Waals surface area contributed by atoms with E-state index in [2.05, 4.69) is 23.0 Å². The normalized spacial score (nSPS) is 11.0. The van der Waals surface area contributed by atoms with E-state index >= 15 is 0 Å². The molecule has 24 heavy (non-hydrogen) atoms. The first-order chi connectivity index (χ1) is 11.7. The zero-order valence-corrected chi connectivity index (χ0v) is 14.5. The molecule has 3 heterocycles. The molecule has 0 unspecified atom stereocenters. The number of hydrogen-bond acceptors (Lipinski definition) is 5. The molecule has 0 aliphatic rings. The molecular weight excluding hydrogens is 340 g/mol. The monoisotopic (exact) mass is 354 g/mol. The first-order valence-corrected chi connectivity index (χ1v) is 9.15. The summed E-state index contributed by atoms with van der Waals surface area (Å²) in [4.78, 5) is 23.0. The Morgan fingerprint density at radius 3 is 2.75 bits per heavy atom. The van der Waals surface area contributed by atoms with Crippen molar-refractivity contribution in [2.24, 2.45) is 0 Å². The zero-order chi connectivity index (χ0) is 16.5. The molecule has 6 heteroatoms. The fourth-order valence-corrected chi connectivity index (χ4v) is 4.41. The van der Waals surface area contributed by atoms with Crippen molar-refractivity contribution in [3.05, 3.63) is 68.9 Å². The summed E-state index contributed by atoms with van der Waals surface area (Å²) in [5.74, 6) is 1.29. The van der Waals surface area contributed by atoms with Crippen molar-refractivity contribution in [1.29, 1.82) is 0 Å². The Labute approximate surface area is 146 Å². The van der Waals surface area contributed by atoms with Gasteiger partial charge < -0.3 is 9.72 Å². The van der Waals surface area contributed by atoms with E-state index < -0.39 is 0 Å². The van der Waals surface area contributed by atoms with Crippen molar-refractivity contribution in [3.63, 3.8) is 0 Å². The van der Waals surface area contributed by atoms with Gasteiger partial charge in [-0.05, 0) is 31.2 Å². The predicted octanol–water partition coefficient (Wildman–Crippen LogP) is 4.60. The quantitative estimate of drug-likeness (QED) is 0.583. The molecule has 0 radical (unpaired) electrons. The van der Waals surface area contributed by atoms with E-state index in [1.165, 1.54) is 16.2 Å². The SMILES string of the molecule is Cc1ccc(-c2csc3nc(COc4ccccc4)[nH]c(=O)c23)s1. The molecule has 4 aromatic rings. The second-order valence-corrected chi connectivity index (χ2v) is 7.50. The van der Waals surface area contributed by atoms with E-state index in [9.17, 15) is 4.79 Å². The number of H-pyrrole nitrogens is 1. The number of benzene rings is 1. The third-order valence-corrected chi connectivity index (χ3v) is 5.52. The van der Waals surface area contributed by atoms with Crippen LogP contribution in [0.3, 0.4) is 0 Å². The van der Waals surface area contributed by atoms with E-state index in [-0.39, 0.29) is 12.2 Å². The number of aryl methyl sites for hydroxylation is 1. The van der Waals surface area contributed by atoms with Crippen LogP contribution in [0.5, 0.6) is 5.75 Å². The van der Waals surface area contributed by atoms with Crippen molar-refractivity contribution in [2.45, 2.75) is 13.5 Å². The number of fused-ring (bicyclic) bond motifs is 1. The Kier molecular flexibility index (Phi) is 3.92. The Morgan fingerprint density at radius 2 is 2.00 bits per heavy atom. The number of hydrogen-bond donors (Lipinski definition) is 1. The maximum absolute atomic E-state index is 12.5. The molecule has 1 N–H and O–H groups in total. The maximum Gasteiger partial charge on any atom is 0.260 e. The van der Waals surface area contributed by atoms with Gasteiger partial charge in [0.15, 0.2) is 0 Å².